The van der Waals surface area contributed by atoms with Gasteiger partial charge < -0.3 is 10.3 Å². The van der Waals surface area contributed by atoms with Gasteiger partial charge in [0.25, 0.3) is 0 Å². The predicted octanol–water partition coefficient (Wildman–Crippen LogP) is 5.74. The van der Waals surface area contributed by atoms with Crippen LogP contribution in [-0.4, -0.2) is 20.2 Å². The van der Waals surface area contributed by atoms with Crippen molar-refractivity contribution in [3.05, 3.63) is 90.6 Å². The molecule has 2 aromatic heterocycles. The lowest BCUT2D eigenvalue weighted by atomic mass is 10.0. The van der Waals surface area contributed by atoms with Gasteiger partial charge in [0.1, 0.15) is 5.82 Å². The molecule has 29 heavy (non-hydrogen) atoms. The van der Waals surface area contributed by atoms with Crippen LogP contribution in [0.4, 0.5) is 11.4 Å². The van der Waals surface area contributed by atoms with Gasteiger partial charge in [-0.05, 0) is 61.0 Å². The third kappa shape index (κ3) is 3.46. The lowest BCUT2D eigenvalue weighted by Gasteiger charge is -2.11. The van der Waals surface area contributed by atoms with Gasteiger partial charge >= 0.3 is 0 Å². The summed E-state index contributed by atoms with van der Waals surface area (Å²) in [5.74, 6) is 0.865. The Balaban J connectivity index is 1.42. The number of nitrogens with one attached hydrogen (secondary N) is 2. The van der Waals surface area contributed by atoms with Crippen LogP contribution < -0.4 is 5.32 Å². The second-order valence-corrected chi connectivity index (χ2v) is 6.95. The van der Waals surface area contributed by atoms with Crippen molar-refractivity contribution in [1.29, 1.82) is 0 Å². The van der Waals surface area contributed by atoms with E-state index in [4.69, 9.17) is 4.98 Å². The van der Waals surface area contributed by atoms with Crippen molar-refractivity contribution in [3.8, 4) is 22.6 Å². The molecule has 5 heteroatoms. The molecule has 0 atom stereocenters. The number of benzene rings is 3. The highest BCUT2D eigenvalue weighted by Crippen LogP contribution is 2.28. The van der Waals surface area contributed by atoms with Gasteiger partial charge in [0.2, 0.25) is 0 Å². The topological polar surface area (TPSA) is 66.5 Å². The summed E-state index contributed by atoms with van der Waals surface area (Å²) in [5.41, 5.74) is 8.19. The summed E-state index contributed by atoms with van der Waals surface area (Å²) >= 11 is 0. The van der Waals surface area contributed by atoms with Gasteiger partial charge in [-0.2, -0.15) is 10.2 Å². The highest BCUT2D eigenvalue weighted by Gasteiger charge is 2.07. The normalized spacial score (nSPS) is 10.9. The maximum absolute atomic E-state index is 4.69. The summed E-state index contributed by atoms with van der Waals surface area (Å²) in [4.78, 5) is 8.08. The van der Waals surface area contributed by atoms with E-state index in [1.165, 1.54) is 0 Å². The molecule has 0 saturated carbocycles. The number of para-hydroxylation sites is 2. The molecular weight excluding hydrogens is 358 g/mol. The predicted molar refractivity (Wildman–Crippen MR) is 117 cm³/mol. The first-order chi connectivity index (χ1) is 14.3. The lowest BCUT2D eigenvalue weighted by Crippen LogP contribution is -1.94. The second-order valence-electron chi connectivity index (χ2n) is 6.95. The van der Waals surface area contributed by atoms with E-state index >= 15 is 0 Å². The quantitative estimate of drug-likeness (QED) is 0.419. The molecule has 5 rings (SSSR count). The van der Waals surface area contributed by atoms with E-state index in [0.717, 1.165) is 50.6 Å². The summed E-state index contributed by atoms with van der Waals surface area (Å²) in [6.45, 7) is 2.08. The summed E-state index contributed by atoms with van der Waals surface area (Å²) in [6.07, 6.45) is 1.68. The maximum atomic E-state index is 4.69. The highest BCUT2D eigenvalue weighted by atomic mass is 15.1. The number of H-pyrrole nitrogens is 1. The fraction of sp³-hybridized carbons (Fsp3) is 0.0417. The van der Waals surface area contributed by atoms with Crippen molar-refractivity contribution < 1.29 is 0 Å². The molecule has 5 aromatic rings. The summed E-state index contributed by atoms with van der Waals surface area (Å²) in [7, 11) is 0. The van der Waals surface area contributed by atoms with Crippen molar-refractivity contribution in [1.82, 2.24) is 20.2 Å². The van der Waals surface area contributed by atoms with Gasteiger partial charge in [0.05, 0.1) is 16.7 Å². The van der Waals surface area contributed by atoms with Crippen molar-refractivity contribution in [2.75, 3.05) is 5.32 Å². The second kappa shape index (κ2) is 7.20. The van der Waals surface area contributed by atoms with E-state index in [2.05, 4.69) is 63.8 Å². The molecule has 0 unspecified atom stereocenters. The fourth-order valence-electron chi connectivity index (χ4n) is 3.47. The Morgan fingerprint density at radius 3 is 2.55 bits per heavy atom. The number of hydrogen-bond acceptors (Lipinski definition) is 4. The first-order valence-electron chi connectivity index (χ1n) is 9.47. The number of aryl methyl sites for hydroxylation is 1. The van der Waals surface area contributed by atoms with E-state index in [1.54, 1.807) is 6.20 Å². The first-order valence-corrected chi connectivity index (χ1v) is 9.47. The van der Waals surface area contributed by atoms with Crippen LogP contribution in [0.3, 0.4) is 0 Å². The van der Waals surface area contributed by atoms with E-state index in [-0.39, 0.29) is 0 Å². The first kappa shape index (κ1) is 17.1. The van der Waals surface area contributed by atoms with Crippen LogP contribution in [0.25, 0.3) is 33.7 Å². The van der Waals surface area contributed by atoms with Gasteiger partial charge in [-0.25, -0.2) is 4.98 Å². The average Bonchev–Trinajstić information content (AvgIpc) is 3.19. The number of anilines is 2. The minimum absolute atomic E-state index is 0.865. The Labute approximate surface area is 168 Å². The monoisotopic (exact) mass is 377 g/mol. The van der Waals surface area contributed by atoms with Crippen LogP contribution >= 0.6 is 0 Å². The van der Waals surface area contributed by atoms with Crippen molar-refractivity contribution >= 4 is 22.4 Å². The Morgan fingerprint density at radius 1 is 0.828 bits per heavy atom. The number of fused-ring (bicyclic) bond motifs is 1. The Bertz CT molecular complexity index is 1260. The molecule has 0 aliphatic rings. The minimum Gasteiger partial charge on any atom is -0.355 e. The average molecular weight is 377 g/mol. The molecule has 140 valence electrons. The molecule has 3 aromatic carbocycles. The van der Waals surface area contributed by atoms with Crippen molar-refractivity contribution in [3.63, 3.8) is 0 Å². The van der Waals surface area contributed by atoms with Crippen LogP contribution in [0.5, 0.6) is 0 Å². The van der Waals surface area contributed by atoms with Gasteiger partial charge in [0.15, 0.2) is 0 Å². The van der Waals surface area contributed by atoms with Crippen molar-refractivity contribution in [2.45, 2.75) is 6.92 Å². The number of aromatic nitrogens is 4. The van der Waals surface area contributed by atoms with Gasteiger partial charge in [0, 0.05) is 28.7 Å². The molecule has 0 bridgehead atoms. The zero-order valence-electron chi connectivity index (χ0n) is 15.9. The molecular formula is C24H19N5. The number of nitrogens with zero attached hydrogens (tertiary/aromatic N) is 3. The smallest absolute Gasteiger partial charge is 0.138 e. The molecule has 0 saturated heterocycles. The van der Waals surface area contributed by atoms with E-state index < -0.39 is 0 Å². The highest BCUT2D eigenvalue weighted by molar-refractivity contribution is 5.80. The largest absolute Gasteiger partial charge is 0.355 e. The fourth-order valence-corrected chi connectivity index (χ4v) is 3.47. The van der Waals surface area contributed by atoms with Crippen LogP contribution in [0.2, 0.25) is 0 Å². The van der Waals surface area contributed by atoms with E-state index in [0.29, 0.717) is 0 Å². The molecule has 0 spiro atoms. The number of rotatable bonds is 4. The zero-order valence-corrected chi connectivity index (χ0v) is 15.9. The number of aromatic amines is 1. The summed E-state index contributed by atoms with van der Waals surface area (Å²) < 4.78 is 0. The third-order valence-electron chi connectivity index (χ3n) is 4.89. The zero-order chi connectivity index (χ0) is 19.6. The van der Waals surface area contributed by atoms with Crippen LogP contribution in [0.1, 0.15) is 5.56 Å². The minimum atomic E-state index is 0.865. The Morgan fingerprint density at radius 2 is 1.72 bits per heavy atom. The van der Waals surface area contributed by atoms with Crippen molar-refractivity contribution in [2.24, 2.45) is 0 Å². The SMILES string of the molecule is Cc1cc(Nc2cccc(-c3nc4ccccc4[nH]3)c2)ccc1-c1cccnn1. The molecule has 0 aliphatic carbocycles. The summed E-state index contributed by atoms with van der Waals surface area (Å²) in [6, 6.07) is 26.4. The molecule has 2 N–H and O–H groups in total. The molecule has 0 radical (unpaired) electrons. The van der Waals surface area contributed by atoms with Gasteiger partial charge in [-0.1, -0.05) is 30.3 Å². The Kier molecular flexibility index (Phi) is 4.26. The van der Waals surface area contributed by atoms with E-state index in [1.807, 2.05) is 42.5 Å². The Hall–Kier alpha value is -3.99. The molecule has 0 fully saturated rings. The van der Waals surface area contributed by atoms with Crippen LogP contribution in [0, 0.1) is 6.92 Å². The van der Waals surface area contributed by atoms with Gasteiger partial charge in [-0.3, -0.25) is 0 Å². The maximum Gasteiger partial charge on any atom is 0.138 e. The van der Waals surface area contributed by atoms with E-state index in [9.17, 15) is 0 Å². The van der Waals surface area contributed by atoms with Crippen LogP contribution in [0.15, 0.2) is 85.1 Å². The number of hydrogen-bond donors (Lipinski definition) is 2. The lowest BCUT2D eigenvalue weighted by molar-refractivity contribution is 1.04. The molecule has 5 nitrogen and oxygen atoms in total. The van der Waals surface area contributed by atoms with Crippen LogP contribution in [-0.2, 0) is 0 Å². The third-order valence-corrected chi connectivity index (χ3v) is 4.89. The molecule has 0 aliphatic heterocycles. The summed E-state index contributed by atoms with van der Waals surface area (Å²) in [5, 5.41) is 11.7. The van der Waals surface area contributed by atoms with Gasteiger partial charge in [-0.15, -0.1) is 0 Å². The number of imidazole rings is 1. The molecule has 2 heterocycles. The standard InChI is InChI=1S/C24H19N5/c1-16-14-19(11-12-20(16)21-10-5-13-25-29-21)26-18-7-4-6-17(15-18)24-27-22-8-2-3-9-23(22)28-24/h2-15,26H,1H3,(H,27,28). The molecule has 0 amide bonds.